The summed E-state index contributed by atoms with van der Waals surface area (Å²) < 4.78 is 72.0. The van der Waals surface area contributed by atoms with Crippen LogP contribution in [-0.4, -0.2) is 26.6 Å². The number of aromatic carboxylic acids is 1. The Hall–Kier alpha value is -3.83. The number of anilines is 1. The summed E-state index contributed by atoms with van der Waals surface area (Å²) in [6.07, 6.45) is -4.42. The third-order valence-electron chi connectivity index (χ3n) is 5.23. The van der Waals surface area contributed by atoms with Crippen LogP contribution in [-0.2, 0) is 16.2 Å². The molecule has 0 spiro atoms. The third kappa shape index (κ3) is 5.37. The molecule has 1 aromatic heterocycles. The van der Waals surface area contributed by atoms with E-state index in [1.165, 1.54) is 43.5 Å². The zero-order chi connectivity index (χ0) is 26.1. The van der Waals surface area contributed by atoms with Crippen LogP contribution in [0, 0.1) is 0 Å². The molecular weight excluding hydrogens is 515 g/mol. The van der Waals surface area contributed by atoms with E-state index in [-0.39, 0.29) is 21.2 Å². The van der Waals surface area contributed by atoms with Gasteiger partial charge in [-0.25, -0.2) is 13.2 Å². The molecule has 0 fully saturated rings. The molecule has 0 aliphatic carbocycles. The Labute approximate surface area is 208 Å². The molecule has 0 unspecified atom stereocenters. The van der Waals surface area contributed by atoms with Gasteiger partial charge in [0, 0.05) is 4.88 Å². The first-order valence-electron chi connectivity index (χ1n) is 10.3. The van der Waals surface area contributed by atoms with E-state index in [2.05, 4.69) is 4.72 Å². The molecule has 1 heterocycles. The Morgan fingerprint density at radius 3 is 2.25 bits per heavy atom. The Bertz CT molecular complexity index is 1530. The normalized spacial score (nSPS) is 11.8. The topological polar surface area (TPSA) is 92.7 Å². The summed E-state index contributed by atoms with van der Waals surface area (Å²) in [5.74, 6) is -1.12. The van der Waals surface area contributed by atoms with Gasteiger partial charge >= 0.3 is 12.1 Å². The van der Waals surface area contributed by atoms with Gasteiger partial charge in [-0.2, -0.15) is 13.2 Å². The SMILES string of the molecule is COc1cc(C(=O)O)ccc1NS(=O)(=O)c1ccc(-c2cccc(-c3ccc(C(F)(F)F)cc3)c2)s1. The second kappa shape index (κ2) is 9.67. The minimum atomic E-state index is -4.42. The number of carboxylic acid groups (broad SMARTS) is 1. The first-order valence-corrected chi connectivity index (χ1v) is 12.6. The van der Waals surface area contributed by atoms with Crippen molar-refractivity contribution in [2.45, 2.75) is 10.4 Å². The van der Waals surface area contributed by atoms with Crippen LogP contribution in [0.4, 0.5) is 18.9 Å². The van der Waals surface area contributed by atoms with Crippen LogP contribution in [0.2, 0.25) is 0 Å². The predicted molar refractivity (Wildman–Crippen MR) is 131 cm³/mol. The molecule has 3 aromatic carbocycles. The van der Waals surface area contributed by atoms with Crippen molar-refractivity contribution >= 4 is 33.0 Å². The number of hydrogen-bond acceptors (Lipinski definition) is 5. The number of thiophene rings is 1. The van der Waals surface area contributed by atoms with Crippen molar-refractivity contribution in [3.63, 3.8) is 0 Å². The zero-order valence-corrected chi connectivity index (χ0v) is 20.2. The molecule has 0 atom stereocenters. The number of hydrogen-bond donors (Lipinski definition) is 2. The average molecular weight is 534 g/mol. The van der Waals surface area contributed by atoms with E-state index in [4.69, 9.17) is 9.84 Å². The third-order valence-corrected chi connectivity index (χ3v) is 8.22. The highest BCUT2D eigenvalue weighted by Gasteiger charge is 2.30. The fraction of sp³-hybridized carbons (Fsp3) is 0.0800. The number of ether oxygens (including phenoxy) is 1. The zero-order valence-electron chi connectivity index (χ0n) is 18.5. The second-order valence-corrected chi connectivity index (χ2v) is 10.6. The van der Waals surface area contributed by atoms with E-state index in [1.807, 2.05) is 0 Å². The van der Waals surface area contributed by atoms with Crippen LogP contribution in [0.5, 0.6) is 5.75 Å². The molecule has 4 rings (SSSR count). The van der Waals surface area contributed by atoms with Crippen molar-refractivity contribution in [3.8, 4) is 27.3 Å². The largest absolute Gasteiger partial charge is 0.495 e. The number of benzene rings is 3. The maximum atomic E-state index is 13.0. The number of alkyl halides is 3. The van der Waals surface area contributed by atoms with Gasteiger partial charge in [0.25, 0.3) is 10.0 Å². The van der Waals surface area contributed by atoms with Gasteiger partial charge in [0.1, 0.15) is 9.96 Å². The van der Waals surface area contributed by atoms with Gasteiger partial charge in [0.2, 0.25) is 0 Å². The van der Waals surface area contributed by atoms with Crippen LogP contribution < -0.4 is 9.46 Å². The second-order valence-electron chi connectivity index (χ2n) is 7.60. The van der Waals surface area contributed by atoms with E-state index in [0.717, 1.165) is 23.5 Å². The van der Waals surface area contributed by atoms with Gasteiger partial charge in [-0.1, -0.05) is 30.3 Å². The highest BCUT2D eigenvalue weighted by molar-refractivity contribution is 7.94. The lowest BCUT2D eigenvalue weighted by Crippen LogP contribution is -2.12. The molecule has 0 bridgehead atoms. The molecule has 6 nitrogen and oxygen atoms in total. The molecule has 0 aliphatic heterocycles. The van der Waals surface area contributed by atoms with E-state index >= 15 is 0 Å². The lowest BCUT2D eigenvalue weighted by Gasteiger charge is -2.11. The summed E-state index contributed by atoms with van der Waals surface area (Å²) in [5.41, 5.74) is 1.26. The van der Waals surface area contributed by atoms with E-state index in [1.54, 1.807) is 30.3 Å². The maximum Gasteiger partial charge on any atom is 0.416 e. The lowest BCUT2D eigenvalue weighted by molar-refractivity contribution is -0.137. The fourth-order valence-corrected chi connectivity index (χ4v) is 5.80. The number of nitrogens with one attached hydrogen (secondary N) is 1. The van der Waals surface area contributed by atoms with Gasteiger partial charge in [-0.3, -0.25) is 4.72 Å². The molecule has 11 heteroatoms. The lowest BCUT2D eigenvalue weighted by atomic mass is 10.0. The van der Waals surface area contributed by atoms with Crippen LogP contribution in [0.3, 0.4) is 0 Å². The number of carbonyl (C=O) groups is 1. The fourth-order valence-electron chi connectivity index (χ4n) is 3.43. The molecule has 2 N–H and O–H groups in total. The summed E-state index contributed by atoms with van der Waals surface area (Å²) in [7, 11) is -2.72. The van der Waals surface area contributed by atoms with Gasteiger partial charge in [0.15, 0.2) is 0 Å². The number of sulfonamides is 1. The summed E-state index contributed by atoms with van der Waals surface area (Å²) in [4.78, 5) is 11.8. The number of carboxylic acids is 1. The molecule has 0 amide bonds. The van der Waals surface area contributed by atoms with Crippen molar-refractivity contribution in [1.29, 1.82) is 0 Å². The molecule has 4 aromatic rings. The summed E-state index contributed by atoms with van der Waals surface area (Å²) in [6, 6.07) is 18.7. The molecule has 36 heavy (non-hydrogen) atoms. The van der Waals surface area contributed by atoms with Gasteiger partial charge in [-0.15, -0.1) is 11.3 Å². The van der Waals surface area contributed by atoms with Gasteiger partial charge in [0.05, 0.1) is 23.9 Å². The van der Waals surface area contributed by atoms with Crippen molar-refractivity contribution in [2.75, 3.05) is 11.8 Å². The Balaban J connectivity index is 1.59. The first-order chi connectivity index (χ1) is 17.0. The predicted octanol–water partition coefficient (Wildman–Crippen LogP) is 6.61. The first kappa shape index (κ1) is 25.3. The van der Waals surface area contributed by atoms with Crippen molar-refractivity contribution in [3.05, 3.63) is 90.0 Å². The summed E-state index contributed by atoms with van der Waals surface area (Å²) in [5, 5.41) is 9.12. The van der Waals surface area contributed by atoms with Gasteiger partial charge < -0.3 is 9.84 Å². The summed E-state index contributed by atoms with van der Waals surface area (Å²) >= 11 is 1.01. The highest BCUT2D eigenvalue weighted by atomic mass is 32.2. The maximum absolute atomic E-state index is 13.0. The smallest absolute Gasteiger partial charge is 0.416 e. The quantitative estimate of drug-likeness (QED) is 0.279. The van der Waals surface area contributed by atoms with E-state index in [0.29, 0.717) is 21.6 Å². The monoisotopic (exact) mass is 533 g/mol. The molecule has 0 saturated carbocycles. The van der Waals surface area contributed by atoms with E-state index < -0.39 is 27.7 Å². The number of rotatable bonds is 7. The standard InChI is InChI=1S/C25H18F3NO5S2/c1-34-21-14-18(24(30)31)7-10-20(21)29-36(32,33)23-12-11-22(35-23)17-4-2-3-16(13-17)15-5-8-19(9-6-15)25(26,27)28/h2-14,29H,1H3,(H,30,31). The minimum absolute atomic E-state index is 0.0156. The molecule has 0 saturated heterocycles. The average Bonchev–Trinajstić information content (AvgIpc) is 3.35. The van der Waals surface area contributed by atoms with Crippen molar-refractivity contribution < 1.29 is 36.2 Å². The molecule has 0 aliphatic rings. The van der Waals surface area contributed by atoms with Crippen LogP contribution in [0.15, 0.2) is 83.1 Å². The van der Waals surface area contributed by atoms with Gasteiger partial charge in [-0.05, 0) is 65.2 Å². The van der Waals surface area contributed by atoms with Crippen LogP contribution >= 0.6 is 11.3 Å². The summed E-state index contributed by atoms with van der Waals surface area (Å²) in [6.45, 7) is 0. The van der Waals surface area contributed by atoms with Crippen molar-refractivity contribution in [1.82, 2.24) is 0 Å². The molecule has 0 radical (unpaired) electrons. The van der Waals surface area contributed by atoms with Crippen LogP contribution in [0.1, 0.15) is 15.9 Å². The Morgan fingerprint density at radius 1 is 0.917 bits per heavy atom. The number of halogens is 3. The highest BCUT2D eigenvalue weighted by Crippen LogP contribution is 2.36. The minimum Gasteiger partial charge on any atom is -0.495 e. The van der Waals surface area contributed by atoms with E-state index in [9.17, 15) is 26.4 Å². The molecule has 186 valence electrons. The Morgan fingerprint density at radius 2 is 1.61 bits per heavy atom. The Kier molecular flexibility index (Phi) is 6.79. The van der Waals surface area contributed by atoms with Crippen molar-refractivity contribution in [2.24, 2.45) is 0 Å². The van der Waals surface area contributed by atoms with Crippen LogP contribution in [0.25, 0.3) is 21.6 Å². The molecular formula is C25H18F3NO5S2. The number of methoxy groups -OCH3 is 1.